The molecule has 0 aliphatic rings. The number of aryl methyl sites for hydroxylation is 2. The molecular formula is C13H25ClN4. The van der Waals surface area contributed by atoms with Crippen LogP contribution in [0.5, 0.6) is 0 Å². The van der Waals surface area contributed by atoms with Gasteiger partial charge in [0.2, 0.25) is 0 Å². The van der Waals surface area contributed by atoms with E-state index in [1.165, 1.54) is 0 Å². The van der Waals surface area contributed by atoms with Crippen molar-refractivity contribution in [3.63, 3.8) is 0 Å². The first-order chi connectivity index (χ1) is 8.60. The first-order valence-corrected chi connectivity index (χ1v) is 7.08. The molecule has 0 radical (unpaired) electrons. The Hall–Kier alpha value is -0.580. The zero-order valence-electron chi connectivity index (χ0n) is 12.0. The van der Waals surface area contributed by atoms with E-state index in [-0.39, 0.29) is 0 Å². The predicted octanol–water partition coefficient (Wildman–Crippen LogP) is 2.20. The summed E-state index contributed by atoms with van der Waals surface area (Å²) in [6.45, 7) is 11.5. The molecule has 1 aromatic rings. The Labute approximate surface area is 115 Å². The van der Waals surface area contributed by atoms with Crippen LogP contribution in [0.25, 0.3) is 0 Å². The third-order valence-corrected chi connectivity index (χ3v) is 3.77. The van der Waals surface area contributed by atoms with Gasteiger partial charge in [-0.25, -0.2) is 0 Å². The molecule has 104 valence electrons. The van der Waals surface area contributed by atoms with Crippen LogP contribution < -0.4 is 5.32 Å². The quantitative estimate of drug-likeness (QED) is 0.737. The molecule has 18 heavy (non-hydrogen) atoms. The van der Waals surface area contributed by atoms with E-state index < -0.39 is 0 Å². The lowest BCUT2D eigenvalue weighted by atomic mass is 10.3. The molecule has 0 spiro atoms. The first kappa shape index (κ1) is 15.5. The fourth-order valence-corrected chi connectivity index (χ4v) is 2.27. The van der Waals surface area contributed by atoms with Gasteiger partial charge in [-0.2, -0.15) is 5.10 Å². The van der Waals surface area contributed by atoms with E-state index in [0.717, 1.165) is 55.6 Å². The minimum absolute atomic E-state index is 0.786. The van der Waals surface area contributed by atoms with Gasteiger partial charge in [0, 0.05) is 13.6 Å². The van der Waals surface area contributed by atoms with Gasteiger partial charge in [0.25, 0.3) is 0 Å². The largest absolute Gasteiger partial charge is 0.311 e. The van der Waals surface area contributed by atoms with Crippen LogP contribution in [0, 0.1) is 6.92 Å². The number of nitrogens with one attached hydrogen (secondary N) is 1. The van der Waals surface area contributed by atoms with Gasteiger partial charge in [-0.15, -0.1) is 0 Å². The minimum atomic E-state index is 0.786. The highest BCUT2D eigenvalue weighted by molar-refractivity contribution is 6.31. The first-order valence-electron chi connectivity index (χ1n) is 6.71. The molecule has 0 unspecified atom stereocenters. The maximum absolute atomic E-state index is 6.19. The molecule has 0 fully saturated rings. The van der Waals surface area contributed by atoms with Crippen molar-refractivity contribution in [2.24, 2.45) is 7.05 Å². The molecule has 0 amide bonds. The summed E-state index contributed by atoms with van der Waals surface area (Å²) < 4.78 is 1.86. The number of aromatic nitrogens is 2. The lowest BCUT2D eigenvalue weighted by molar-refractivity contribution is 0.298. The molecule has 0 bridgehead atoms. The topological polar surface area (TPSA) is 33.1 Å². The van der Waals surface area contributed by atoms with E-state index in [1.807, 2.05) is 18.7 Å². The van der Waals surface area contributed by atoms with Crippen molar-refractivity contribution in [1.29, 1.82) is 0 Å². The van der Waals surface area contributed by atoms with Crippen LogP contribution in [0.3, 0.4) is 0 Å². The molecule has 4 nitrogen and oxygen atoms in total. The zero-order chi connectivity index (χ0) is 13.5. The second kappa shape index (κ2) is 7.77. The molecule has 1 heterocycles. The molecule has 0 saturated heterocycles. The van der Waals surface area contributed by atoms with Gasteiger partial charge in [0.1, 0.15) is 0 Å². The normalized spacial score (nSPS) is 11.4. The fraction of sp³-hybridized carbons (Fsp3) is 0.769. The van der Waals surface area contributed by atoms with Gasteiger partial charge in [-0.3, -0.25) is 4.68 Å². The lowest BCUT2D eigenvalue weighted by Gasteiger charge is -2.17. The second-order valence-corrected chi connectivity index (χ2v) is 4.90. The third-order valence-electron chi connectivity index (χ3n) is 3.28. The van der Waals surface area contributed by atoms with Gasteiger partial charge < -0.3 is 10.2 Å². The summed E-state index contributed by atoms with van der Waals surface area (Å²) in [5.74, 6) is 0. The van der Waals surface area contributed by atoms with Crippen LogP contribution in [0.2, 0.25) is 5.02 Å². The number of nitrogens with zero attached hydrogens (tertiary/aromatic N) is 3. The predicted molar refractivity (Wildman–Crippen MR) is 77.1 cm³/mol. The Kier molecular flexibility index (Phi) is 6.68. The van der Waals surface area contributed by atoms with Gasteiger partial charge in [0.15, 0.2) is 0 Å². The second-order valence-electron chi connectivity index (χ2n) is 4.53. The van der Waals surface area contributed by atoms with Crippen LogP contribution in [0.4, 0.5) is 0 Å². The van der Waals surface area contributed by atoms with Crippen molar-refractivity contribution in [2.45, 2.75) is 33.7 Å². The molecule has 0 aromatic carbocycles. The van der Waals surface area contributed by atoms with E-state index in [0.29, 0.717) is 0 Å². The fourth-order valence-electron chi connectivity index (χ4n) is 2.05. The van der Waals surface area contributed by atoms with E-state index in [9.17, 15) is 0 Å². The van der Waals surface area contributed by atoms with E-state index in [4.69, 9.17) is 11.6 Å². The smallest absolute Gasteiger partial charge is 0.0860 e. The van der Waals surface area contributed by atoms with Crippen molar-refractivity contribution < 1.29 is 0 Å². The Morgan fingerprint density at radius 1 is 1.33 bits per heavy atom. The van der Waals surface area contributed by atoms with Crippen LogP contribution in [0.15, 0.2) is 0 Å². The number of rotatable bonds is 8. The summed E-state index contributed by atoms with van der Waals surface area (Å²) in [4.78, 5) is 2.43. The van der Waals surface area contributed by atoms with Crippen LogP contribution >= 0.6 is 11.6 Å². The molecule has 0 saturated carbocycles. The van der Waals surface area contributed by atoms with E-state index >= 15 is 0 Å². The van der Waals surface area contributed by atoms with E-state index in [1.54, 1.807) is 0 Å². The highest BCUT2D eigenvalue weighted by Crippen LogP contribution is 2.18. The van der Waals surface area contributed by atoms with Gasteiger partial charge in [0.05, 0.1) is 16.4 Å². The summed E-state index contributed by atoms with van der Waals surface area (Å²) in [6.07, 6.45) is 1.16. The monoisotopic (exact) mass is 272 g/mol. The maximum Gasteiger partial charge on any atom is 0.0860 e. The van der Waals surface area contributed by atoms with Gasteiger partial charge in [-0.05, 0) is 39.5 Å². The molecule has 1 N–H and O–H groups in total. The summed E-state index contributed by atoms with van der Waals surface area (Å²) in [5, 5.41) is 8.51. The van der Waals surface area contributed by atoms with Gasteiger partial charge >= 0.3 is 0 Å². The molecular weight excluding hydrogens is 248 g/mol. The Balaban J connectivity index is 2.26. The number of hydrogen-bond acceptors (Lipinski definition) is 3. The third kappa shape index (κ3) is 4.26. The van der Waals surface area contributed by atoms with Crippen molar-refractivity contribution in [3.8, 4) is 0 Å². The van der Waals surface area contributed by atoms with Crippen LogP contribution in [0.1, 0.15) is 31.7 Å². The van der Waals surface area contributed by atoms with Crippen LogP contribution in [-0.2, 0) is 13.6 Å². The lowest BCUT2D eigenvalue weighted by Crippen LogP contribution is -2.27. The average Bonchev–Trinajstić information content (AvgIpc) is 2.59. The minimum Gasteiger partial charge on any atom is -0.311 e. The summed E-state index contributed by atoms with van der Waals surface area (Å²) in [5.41, 5.74) is 1.97. The Morgan fingerprint density at radius 2 is 2.00 bits per heavy atom. The maximum atomic E-state index is 6.19. The van der Waals surface area contributed by atoms with Gasteiger partial charge in [-0.1, -0.05) is 25.4 Å². The molecule has 1 rings (SSSR count). The summed E-state index contributed by atoms with van der Waals surface area (Å²) >= 11 is 6.19. The Bertz CT molecular complexity index is 358. The van der Waals surface area contributed by atoms with Crippen LogP contribution in [-0.4, -0.2) is 40.9 Å². The average molecular weight is 273 g/mol. The SMILES string of the molecule is CCN(CC)CCCNCc1c(Cl)c(C)nn1C. The number of hydrogen-bond donors (Lipinski definition) is 1. The van der Waals surface area contributed by atoms with Crippen molar-refractivity contribution in [3.05, 3.63) is 16.4 Å². The highest BCUT2D eigenvalue weighted by Gasteiger charge is 2.09. The molecule has 0 atom stereocenters. The molecule has 0 aliphatic carbocycles. The molecule has 1 aromatic heterocycles. The molecule has 5 heteroatoms. The standard InChI is InChI=1S/C13H25ClN4/c1-5-18(6-2)9-7-8-15-10-12-13(14)11(3)16-17(12)4/h15H,5-10H2,1-4H3. The van der Waals surface area contributed by atoms with E-state index in [2.05, 4.69) is 29.2 Å². The zero-order valence-corrected chi connectivity index (χ0v) is 12.7. The van der Waals surface area contributed by atoms with Crippen molar-refractivity contribution >= 4 is 11.6 Å². The summed E-state index contributed by atoms with van der Waals surface area (Å²) in [6, 6.07) is 0. The van der Waals surface area contributed by atoms with Crippen molar-refractivity contribution in [2.75, 3.05) is 26.2 Å². The number of halogens is 1. The highest BCUT2D eigenvalue weighted by atomic mass is 35.5. The molecule has 0 aliphatic heterocycles. The summed E-state index contributed by atoms with van der Waals surface area (Å²) in [7, 11) is 1.94. The Morgan fingerprint density at radius 3 is 2.50 bits per heavy atom. The van der Waals surface area contributed by atoms with Crippen molar-refractivity contribution in [1.82, 2.24) is 20.0 Å².